The smallest absolute Gasteiger partial charge is 0.250 e. The molecule has 0 aromatic carbocycles. The number of unbranched alkanes of at least 4 members (excludes halogenated alkanes) is 7. The maximum atomic E-state index is 12.8. The van der Waals surface area contributed by atoms with Crippen molar-refractivity contribution in [1.29, 1.82) is 0 Å². The highest BCUT2D eigenvalue weighted by molar-refractivity contribution is 5.76. The van der Waals surface area contributed by atoms with E-state index in [1.54, 1.807) is 6.07 Å². The van der Waals surface area contributed by atoms with Gasteiger partial charge in [0.05, 0.1) is 25.9 Å². The first-order valence-electron chi connectivity index (χ1n) is 12.9. The van der Waals surface area contributed by atoms with Crippen molar-refractivity contribution in [2.45, 2.75) is 89.2 Å². The molecule has 6 heteroatoms. The van der Waals surface area contributed by atoms with Crippen LogP contribution in [0.1, 0.15) is 82.2 Å². The Hall–Kier alpha value is -1.66. The molecule has 178 valence electrons. The number of fused-ring (bicyclic) bond motifs is 4. The number of hydrogen-bond donors (Lipinski definition) is 0. The second-order valence-corrected chi connectivity index (χ2v) is 9.93. The highest BCUT2D eigenvalue weighted by Crippen LogP contribution is 2.35. The third-order valence-corrected chi connectivity index (χ3v) is 7.38. The van der Waals surface area contributed by atoms with Gasteiger partial charge >= 0.3 is 0 Å². The molecule has 32 heavy (non-hydrogen) atoms. The Balaban J connectivity index is 1.05. The van der Waals surface area contributed by atoms with Crippen LogP contribution in [0.2, 0.25) is 0 Å². The summed E-state index contributed by atoms with van der Waals surface area (Å²) in [6.07, 6.45) is 13.0. The minimum Gasteiger partial charge on any atom is -0.376 e. The number of ether oxygens (including phenoxy) is 2. The Morgan fingerprint density at radius 3 is 2.50 bits per heavy atom. The Bertz CT molecular complexity index is 786. The summed E-state index contributed by atoms with van der Waals surface area (Å²) in [6.45, 7) is 4.62. The van der Waals surface area contributed by atoms with Gasteiger partial charge in [0.2, 0.25) is 5.91 Å². The lowest BCUT2D eigenvalue weighted by Gasteiger charge is -2.42. The first-order chi connectivity index (χ1) is 15.7. The zero-order valence-corrected chi connectivity index (χ0v) is 19.5. The normalized spacial score (nSPS) is 24.9. The van der Waals surface area contributed by atoms with E-state index >= 15 is 0 Å². The monoisotopic (exact) mass is 444 g/mol. The summed E-state index contributed by atoms with van der Waals surface area (Å²) in [7, 11) is 0. The van der Waals surface area contributed by atoms with Crippen molar-refractivity contribution in [3.63, 3.8) is 0 Å². The summed E-state index contributed by atoms with van der Waals surface area (Å²) < 4.78 is 13.1. The summed E-state index contributed by atoms with van der Waals surface area (Å²) in [5.41, 5.74) is 1.22. The molecule has 6 nitrogen and oxygen atoms in total. The number of nitrogens with zero attached hydrogens (tertiary/aromatic N) is 2. The quantitative estimate of drug-likeness (QED) is 0.482. The minimum absolute atomic E-state index is 0.102. The van der Waals surface area contributed by atoms with E-state index in [1.165, 1.54) is 38.5 Å². The van der Waals surface area contributed by atoms with Crippen molar-refractivity contribution in [1.82, 2.24) is 9.47 Å². The van der Waals surface area contributed by atoms with E-state index in [9.17, 15) is 9.59 Å². The van der Waals surface area contributed by atoms with Crippen LogP contribution in [0.4, 0.5) is 0 Å². The zero-order valence-electron chi connectivity index (χ0n) is 19.5. The Morgan fingerprint density at radius 2 is 1.72 bits per heavy atom. The van der Waals surface area contributed by atoms with Crippen LogP contribution >= 0.6 is 0 Å². The summed E-state index contributed by atoms with van der Waals surface area (Å²) >= 11 is 0. The van der Waals surface area contributed by atoms with Gasteiger partial charge in [0.15, 0.2) is 0 Å². The average molecular weight is 445 g/mol. The van der Waals surface area contributed by atoms with Gasteiger partial charge in [0.25, 0.3) is 5.56 Å². The lowest BCUT2D eigenvalue weighted by atomic mass is 9.83. The number of amides is 1. The van der Waals surface area contributed by atoms with Crippen molar-refractivity contribution in [2.75, 3.05) is 32.9 Å². The molecule has 0 saturated carbocycles. The lowest BCUT2D eigenvalue weighted by molar-refractivity contribution is -0.134. The van der Waals surface area contributed by atoms with E-state index < -0.39 is 0 Å². The van der Waals surface area contributed by atoms with Crippen LogP contribution in [0.5, 0.6) is 0 Å². The number of pyridine rings is 1. The fourth-order valence-corrected chi connectivity index (χ4v) is 5.67. The van der Waals surface area contributed by atoms with Crippen LogP contribution in [0.15, 0.2) is 23.0 Å². The van der Waals surface area contributed by atoms with Gasteiger partial charge in [-0.3, -0.25) is 9.59 Å². The van der Waals surface area contributed by atoms with Crippen LogP contribution in [-0.2, 0) is 20.8 Å². The van der Waals surface area contributed by atoms with Crippen LogP contribution in [-0.4, -0.2) is 54.4 Å². The largest absolute Gasteiger partial charge is 0.376 e. The van der Waals surface area contributed by atoms with Crippen LogP contribution in [0, 0.1) is 5.92 Å². The Kier molecular flexibility index (Phi) is 8.80. The molecule has 1 amide bonds. The van der Waals surface area contributed by atoms with Crippen LogP contribution in [0.3, 0.4) is 0 Å². The molecule has 4 rings (SSSR count). The van der Waals surface area contributed by atoms with E-state index in [-0.39, 0.29) is 5.56 Å². The maximum absolute atomic E-state index is 12.8. The zero-order chi connectivity index (χ0) is 22.2. The first-order valence-corrected chi connectivity index (χ1v) is 12.9. The minimum atomic E-state index is 0.102. The van der Waals surface area contributed by atoms with Gasteiger partial charge in [-0.05, 0) is 31.2 Å². The van der Waals surface area contributed by atoms with E-state index in [0.29, 0.717) is 30.3 Å². The van der Waals surface area contributed by atoms with Crippen molar-refractivity contribution in [2.24, 2.45) is 5.92 Å². The van der Waals surface area contributed by atoms with Gasteiger partial charge < -0.3 is 18.9 Å². The molecule has 0 aliphatic carbocycles. The van der Waals surface area contributed by atoms with Crippen LogP contribution in [0.25, 0.3) is 0 Å². The number of likely N-dealkylation sites (tertiary alicyclic amines) is 1. The van der Waals surface area contributed by atoms with E-state index in [2.05, 4.69) is 11.0 Å². The number of carbonyl (C=O) groups is 1. The Morgan fingerprint density at radius 1 is 0.938 bits per heavy atom. The second kappa shape index (κ2) is 12.0. The van der Waals surface area contributed by atoms with E-state index in [1.807, 2.05) is 10.6 Å². The summed E-state index contributed by atoms with van der Waals surface area (Å²) in [5.74, 6) is 1.04. The standard InChI is InChI=1S/C26H40N2O4/c29-25(12-8-6-4-2-1-3-5-7-10-23-20-31-14-15-32-23)27-17-21-16-22(19-27)24-11-9-13-26(30)28(24)18-21/h9,11,13,21-23H,1-8,10,12,14-20H2/t21-,22+,23?/m0/s1. The van der Waals surface area contributed by atoms with Gasteiger partial charge in [-0.15, -0.1) is 0 Å². The number of rotatable bonds is 11. The van der Waals surface area contributed by atoms with Gasteiger partial charge in [-0.1, -0.05) is 51.0 Å². The highest BCUT2D eigenvalue weighted by Gasteiger charge is 2.35. The molecule has 1 aromatic heterocycles. The molecular weight excluding hydrogens is 404 g/mol. The van der Waals surface area contributed by atoms with E-state index in [4.69, 9.17) is 9.47 Å². The molecule has 3 aliphatic heterocycles. The van der Waals surface area contributed by atoms with E-state index in [0.717, 1.165) is 70.8 Å². The second-order valence-electron chi connectivity index (χ2n) is 9.93. The Labute approximate surface area is 192 Å². The molecule has 4 heterocycles. The van der Waals surface area contributed by atoms with Gasteiger partial charge in [0, 0.05) is 43.7 Å². The molecule has 0 radical (unpaired) electrons. The predicted molar refractivity (Wildman–Crippen MR) is 125 cm³/mol. The van der Waals surface area contributed by atoms with Gasteiger partial charge in [-0.25, -0.2) is 0 Å². The average Bonchev–Trinajstić information content (AvgIpc) is 2.81. The summed E-state index contributed by atoms with van der Waals surface area (Å²) in [6, 6.07) is 5.57. The molecule has 2 saturated heterocycles. The number of carbonyl (C=O) groups excluding carboxylic acids is 1. The molecule has 3 aliphatic rings. The fraction of sp³-hybridized carbons (Fsp3) is 0.769. The SMILES string of the molecule is O=C(CCCCCCCCCCC1COCCO1)N1C[C@@H]2C[C@H](C1)c1cccc(=O)n1C2. The molecule has 1 aromatic rings. The van der Waals surface area contributed by atoms with Crippen LogP contribution < -0.4 is 5.56 Å². The third-order valence-electron chi connectivity index (χ3n) is 7.38. The first kappa shape index (κ1) is 23.5. The lowest BCUT2D eigenvalue weighted by Crippen LogP contribution is -2.49. The van der Waals surface area contributed by atoms with Crippen molar-refractivity contribution < 1.29 is 14.3 Å². The molecule has 2 fully saturated rings. The molecule has 2 bridgehead atoms. The molecule has 0 spiro atoms. The van der Waals surface area contributed by atoms with Crippen molar-refractivity contribution in [3.8, 4) is 0 Å². The fourth-order valence-electron chi connectivity index (χ4n) is 5.67. The molecule has 1 unspecified atom stereocenters. The third kappa shape index (κ3) is 6.44. The van der Waals surface area contributed by atoms with Crippen molar-refractivity contribution in [3.05, 3.63) is 34.2 Å². The summed E-state index contributed by atoms with van der Waals surface area (Å²) in [4.78, 5) is 27.0. The molecular formula is C26H40N2O4. The van der Waals surface area contributed by atoms with Gasteiger partial charge in [-0.2, -0.15) is 0 Å². The highest BCUT2D eigenvalue weighted by atomic mass is 16.6. The number of piperidine rings is 1. The number of aromatic nitrogens is 1. The molecule has 3 atom stereocenters. The topological polar surface area (TPSA) is 60.8 Å². The molecule has 0 N–H and O–H groups in total. The number of hydrogen-bond acceptors (Lipinski definition) is 4. The summed E-state index contributed by atoms with van der Waals surface area (Å²) in [5, 5.41) is 0. The predicted octanol–water partition coefficient (Wildman–Crippen LogP) is 4.11. The maximum Gasteiger partial charge on any atom is 0.250 e. The van der Waals surface area contributed by atoms with Crippen molar-refractivity contribution >= 4 is 5.91 Å². The van der Waals surface area contributed by atoms with Gasteiger partial charge in [0.1, 0.15) is 0 Å².